The van der Waals surface area contributed by atoms with E-state index in [-0.39, 0.29) is 0 Å². The van der Waals surface area contributed by atoms with Gasteiger partial charge in [-0.3, -0.25) is 0 Å². The number of nitrogens with one attached hydrogen (secondary N) is 1. The first-order valence-corrected chi connectivity index (χ1v) is 7.79. The monoisotopic (exact) mass is 278 g/mol. The normalized spacial score (nSPS) is 11.1. The summed E-state index contributed by atoms with van der Waals surface area (Å²) in [7, 11) is 4.11. The van der Waals surface area contributed by atoms with Crippen LogP contribution in [0, 0.1) is 0 Å². The first-order valence-electron chi connectivity index (χ1n) is 7.79. The zero-order chi connectivity index (χ0) is 14.8. The molecule has 0 saturated carbocycles. The largest absolute Gasteiger partial charge is 0.492 e. The predicted octanol–water partition coefficient (Wildman–Crippen LogP) is 4.01. The van der Waals surface area contributed by atoms with E-state index in [2.05, 4.69) is 56.4 Å². The van der Waals surface area contributed by atoms with Crippen LogP contribution < -0.4 is 10.1 Å². The van der Waals surface area contributed by atoms with Gasteiger partial charge in [0.1, 0.15) is 12.4 Å². The zero-order valence-corrected chi connectivity index (χ0v) is 13.5. The van der Waals surface area contributed by atoms with E-state index in [0.717, 1.165) is 18.9 Å². The molecule has 0 heterocycles. The minimum atomic E-state index is 0.571. The molecule has 3 heteroatoms. The lowest BCUT2D eigenvalue weighted by Gasteiger charge is -2.19. The first kappa shape index (κ1) is 16.8. The molecule has 0 fully saturated rings. The molecule has 0 aliphatic carbocycles. The van der Waals surface area contributed by atoms with E-state index in [4.69, 9.17) is 4.74 Å². The van der Waals surface area contributed by atoms with Crippen molar-refractivity contribution in [2.24, 2.45) is 0 Å². The van der Waals surface area contributed by atoms with Gasteiger partial charge in [-0.05, 0) is 39.1 Å². The Kier molecular flexibility index (Phi) is 8.12. The van der Waals surface area contributed by atoms with E-state index in [1.165, 1.54) is 31.4 Å². The molecule has 0 spiro atoms. The standard InChI is InChI=1S/C17H30N2O/c1-5-8-15(9-6-2)18-16-10-7-11-17(14-16)20-13-12-19(3)4/h7,10-11,14-15,18H,5-6,8-9,12-13H2,1-4H3. The Balaban J connectivity index is 2.53. The number of benzene rings is 1. The summed E-state index contributed by atoms with van der Waals surface area (Å²) in [6.07, 6.45) is 4.88. The molecule has 0 radical (unpaired) electrons. The Bertz CT molecular complexity index is 360. The Morgan fingerprint density at radius 1 is 1.15 bits per heavy atom. The molecule has 0 aromatic heterocycles. The van der Waals surface area contributed by atoms with Gasteiger partial charge in [0.15, 0.2) is 0 Å². The highest BCUT2D eigenvalue weighted by Crippen LogP contribution is 2.20. The van der Waals surface area contributed by atoms with Crippen LogP contribution in [0.2, 0.25) is 0 Å². The maximum absolute atomic E-state index is 5.78. The molecule has 20 heavy (non-hydrogen) atoms. The number of rotatable bonds is 10. The summed E-state index contributed by atoms with van der Waals surface area (Å²) >= 11 is 0. The molecular formula is C17H30N2O. The lowest BCUT2D eigenvalue weighted by molar-refractivity contribution is 0.261. The molecule has 0 amide bonds. The van der Waals surface area contributed by atoms with Gasteiger partial charge < -0.3 is 15.0 Å². The minimum Gasteiger partial charge on any atom is -0.492 e. The highest BCUT2D eigenvalue weighted by Gasteiger charge is 2.06. The van der Waals surface area contributed by atoms with Crippen molar-refractivity contribution >= 4 is 5.69 Å². The van der Waals surface area contributed by atoms with Crippen molar-refractivity contribution in [1.29, 1.82) is 0 Å². The average Bonchev–Trinajstić information content (AvgIpc) is 2.39. The second kappa shape index (κ2) is 9.65. The van der Waals surface area contributed by atoms with Gasteiger partial charge in [0, 0.05) is 24.3 Å². The Morgan fingerprint density at radius 2 is 1.85 bits per heavy atom. The molecule has 0 saturated heterocycles. The summed E-state index contributed by atoms with van der Waals surface area (Å²) in [5.74, 6) is 0.948. The van der Waals surface area contributed by atoms with E-state index in [1.807, 2.05) is 6.07 Å². The minimum absolute atomic E-state index is 0.571. The summed E-state index contributed by atoms with van der Waals surface area (Å²) in [6, 6.07) is 8.88. The van der Waals surface area contributed by atoms with Gasteiger partial charge in [-0.2, -0.15) is 0 Å². The molecule has 0 aliphatic heterocycles. The van der Waals surface area contributed by atoms with Gasteiger partial charge in [0.25, 0.3) is 0 Å². The van der Waals surface area contributed by atoms with Crippen LogP contribution in [0.1, 0.15) is 39.5 Å². The van der Waals surface area contributed by atoms with E-state index in [9.17, 15) is 0 Å². The summed E-state index contributed by atoms with van der Waals surface area (Å²) < 4.78 is 5.78. The van der Waals surface area contributed by atoms with E-state index >= 15 is 0 Å². The van der Waals surface area contributed by atoms with Crippen molar-refractivity contribution in [2.45, 2.75) is 45.6 Å². The number of hydrogen-bond acceptors (Lipinski definition) is 3. The van der Waals surface area contributed by atoms with Crippen LogP contribution in [0.15, 0.2) is 24.3 Å². The van der Waals surface area contributed by atoms with Crippen LogP contribution in [0.4, 0.5) is 5.69 Å². The third kappa shape index (κ3) is 6.80. The molecule has 0 bridgehead atoms. The second-order valence-corrected chi connectivity index (χ2v) is 5.60. The summed E-state index contributed by atoms with van der Waals surface area (Å²) in [4.78, 5) is 2.13. The fourth-order valence-electron chi connectivity index (χ4n) is 2.24. The van der Waals surface area contributed by atoms with E-state index in [1.54, 1.807) is 0 Å². The molecule has 0 aliphatic rings. The van der Waals surface area contributed by atoms with E-state index < -0.39 is 0 Å². The van der Waals surface area contributed by atoms with Gasteiger partial charge in [-0.15, -0.1) is 0 Å². The lowest BCUT2D eigenvalue weighted by atomic mass is 10.1. The Hall–Kier alpha value is -1.22. The zero-order valence-electron chi connectivity index (χ0n) is 13.5. The van der Waals surface area contributed by atoms with Crippen LogP contribution >= 0.6 is 0 Å². The van der Waals surface area contributed by atoms with Crippen molar-refractivity contribution in [1.82, 2.24) is 4.90 Å². The fraction of sp³-hybridized carbons (Fsp3) is 0.647. The average molecular weight is 278 g/mol. The van der Waals surface area contributed by atoms with Gasteiger partial charge in [0.05, 0.1) is 0 Å². The number of ether oxygens (including phenoxy) is 1. The van der Waals surface area contributed by atoms with Crippen LogP contribution in [-0.2, 0) is 0 Å². The topological polar surface area (TPSA) is 24.5 Å². The quantitative estimate of drug-likeness (QED) is 0.700. The number of nitrogens with zero attached hydrogens (tertiary/aromatic N) is 1. The Labute approximate surface area is 124 Å². The van der Waals surface area contributed by atoms with Gasteiger partial charge in [-0.25, -0.2) is 0 Å². The maximum atomic E-state index is 5.78. The summed E-state index contributed by atoms with van der Waals surface area (Å²) in [6.45, 7) is 6.14. The summed E-state index contributed by atoms with van der Waals surface area (Å²) in [5.41, 5.74) is 1.17. The SMILES string of the molecule is CCCC(CCC)Nc1cccc(OCCN(C)C)c1. The van der Waals surface area contributed by atoms with E-state index in [0.29, 0.717) is 6.04 Å². The highest BCUT2D eigenvalue weighted by molar-refractivity contribution is 5.48. The van der Waals surface area contributed by atoms with Gasteiger partial charge in [-0.1, -0.05) is 32.8 Å². The summed E-state index contributed by atoms with van der Waals surface area (Å²) in [5, 5.41) is 3.63. The van der Waals surface area contributed by atoms with Crippen LogP contribution in [0.25, 0.3) is 0 Å². The molecule has 1 rings (SSSR count). The van der Waals surface area contributed by atoms with Crippen LogP contribution in [0.5, 0.6) is 5.75 Å². The first-order chi connectivity index (χ1) is 9.65. The van der Waals surface area contributed by atoms with Crippen LogP contribution in [0.3, 0.4) is 0 Å². The predicted molar refractivity (Wildman–Crippen MR) is 87.7 cm³/mol. The van der Waals surface area contributed by atoms with Gasteiger partial charge >= 0.3 is 0 Å². The van der Waals surface area contributed by atoms with Crippen molar-refractivity contribution in [3.8, 4) is 5.75 Å². The number of hydrogen-bond donors (Lipinski definition) is 1. The maximum Gasteiger partial charge on any atom is 0.121 e. The van der Waals surface area contributed by atoms with Gasteiger partial charge in [0.2, 0.25) is 0 Å². The molecule has 1 aromatic rings. The van der Waals surface area contributed by atoms with Crippen molar-refractivity contribution in [3.63, 3.8) is 0 Å². The molecule has 0 unspecified atom stereocenters. The highest BCUT2D eigenvalue weighted by atomic mass is 16.5. The van der Waals surface area contributed by atoms with Crippen molar-refractivity contribution < 1.29 is 4.74 Å². The third-order valence-electron chi connectivity index (χ3n) is 3.29. The second-order valence-electron chi connectivity index (χ2n) is 5.60. The molecule has 1 aromatic carbocycles. The lowest BCUT2D eigenvalue weighted by Crippen LogP contribution is -2.20. The smallest absolute Gasteiger partial charge is 0.121 e. The molecule has 0 atom stereocenters. The number of likely N-dealkylation sites (N-methyl/N-ethyl adjacent to an activating group) is 1. The fourth-order valence-corrected chi connectivity index (χ4v) is 2.24. The van der Waals surface area contributed by atoms with Crippen molar-refractivity contribution in [3.05, 3.63) is 24.3 Å². The molecule has 114 valence electrons. The van der Waals surface area contributed by atoms with Crippen LogP contribution in [-0.4, -0.2) is 38.2 Å². The third-order valence-corrected chi connectivity index (χ3v) is 3.29. The molecule has 1 N–H and O–H groups in total. The van der Waals surface area contributed by atoms with Crippen molar-refractivity contribution in [2.75, 3.05) is 32.6 Å². The molecular weight excluding hydrogens is 248 g/mol. The number of anilines is 1. The Morgan fingerprint density at radius 3 is 2.45 bits per heavy atom. The molecule has 3 nitrogen and oxygen atoms in total.